The molecule has 0 spiro atoms. The lowest BCUT2D eigenvalue weighted by Gasteiger charge is -2.14. The fourth-order valence-electron chi connectivity index (χ4n) is 2.17. The Balaban J connectivity index is 2.16. The average molecular weight is 310 g/mol. The SMILES string of the molecule is Cc1cc(CN)cc(C)c1OCc1ccc(Cl)c(Cl)c1. The Morgan fingerprint density at radius 1 is 0.950 bits per heavy atom. The van der Waals surface area contributed by atoms with Gasteiger partial charge in [0, 0.05) is 6.54 Å². The maximum atomic E-state index is 6.00. The van der Waals surface area contributed by atoms with Gasteiger partial charge in [-0.25, -0.2) is 0 Å². The number of nitrogens with two attached hydrogens (primary N) is 1. The molecule has 0 amide bonds. The van der Waals surface area contributed by atoms with Crippen molar-refractivity contribution in [2.45, 2.75) is 27.0 Å². The summed E-state index contributed by atoms with van der Waals surface area (Å²) in [5.74, 6) is 0.897. The topological polar surface area (TPSA) is 35.2 Å². The first-order chi connectivity index (χ1) is 9.51. The van der Waals surface area contributed by atoms with Gasteiger partial charge in [0.2, 0.25) is 0 Å². The van der Waals surface area contributed by atoms with Crippen molar-refractivity contribution in [2.24, 2.45) is 5.73 Å². The molecular formula is C16H17Cl2NO. The predicted molar refractivity (Wildman–Crippen MR) is 84.6 cm³/mol. The number of aryl methyl sites for hydroxylation is 2. The van der Waals surface area contributed by atoms with Gasteiger partial charge >= 0.3 is 0 Å². The van der Waals surface area contributed by atoms with Crippen molar-refractivity contribution in [2.75, 3.05) is 0 Å². The van der Waals surface area contributed by atoms with Crippen molar-refractivity contribution < 1.29 is 4.74 Å². The summed E-state index contributed by atoms with van der Waals surface area (Å²) < 4.78 is 5.91. The molecule has 0 aliphatic rings. The first-order valence-electron chi connectivity index (χ1n) is 6.38. The monoisotopic (exact) mass is 309 g/mol. The lowest BCUT2D eigenvalue weighted by molar-refractivity contribution is 0.302. The lowest BCUT2D eigenvalue weighted by atomic mass is 10.1. The first-order valence-corrected chi connectivity index (χ1v) is 7.13. The van der Waals surface area contributed by atoms with Gasteiger partial charge in [0.05, 0.1) is 10.0 Å². The molecule has 0 radical (unpaired) electrons. The van der Waals surface area contributed by atoms with Crippen LogP contribution in [0.3, 0.4) is 0 Å². The van der Waals surface area contributed by atoms with Gasteiger partial charge in [-0.3, -0.25) is 0 Å². The van der Waals surface area contributed by atoms with Crippen LogP contribution in [0.1, 0.15) is 22.3 Å². The number of benzene rings is 2. The fourth-order valence-corrected chi connectivity index (χ4v) is 2.49. The lowest BCUT2D eigenvalue weighted by Crippen LogP contribution is -2.02. The molecular weight excluding hydrogens is 293 g/mol. The summed E-state index contributed by atoms with van der Waals surface area (Å²) in [4.78, 5) is 0. The van der Waals surface area contributed by atoms with E-state index in [-0.39, 0.29) is 0 Å². The van der Waals surface area contributed by atoms with E-state index in [4.69, 9.17) is 33.7 Å². The summed E-state index contributed by atoms with van der Waals surface area (Å²) >= 11 is 11.9. The van der Waals surface area contributed by atoms with Gasteiger partial charge < -0.3 is 10.5 Å². The summed E-state index contributed by atoms with van der Waals surface area (Å²) in [6, 6.07) is 9.62. The van der Waals surface area contributed by atoms with E-state index in [9.17, 15) is 0 Å². The van der Waals surface area contributed by atoms with E-state index in [1.54, 1.807) is 6.07 Å². The number of hydrogen-bond donors (Lipinski definition) is 1. The molecule has 0 bridgehead atoms. The van der Waals surface area contributed by atoms with Crippen LogP contribution < -0.4 is 10.5 Å². The van der Waals surface area contributed by atoms with Gasteiger partial charge in [-0.05, 0) is 48.2 Å². The normalized spacial score (nSPS) is 10.7. The second-order valence-corrected chi connectivity index (χ2v) is 5.61. The predicted octanol–water partition coefficient (Wildman–Crippen LogP) is 4.65. The molecule has 2 N–H and O–H groups in total. The molecule has 2 aromatic carbocycles. The number of ether oxygens (including phenoxy) is 1. The Hall–Kier alpha value is -1.22. The van der Waals surface area contributed by atoms with Crippen molar-refractivity contribution in [1.82, 2.24) is 0 Å². The van der Waals surface area contributed by atoms with Gasteiger partial charge in [-0.1, -0.05) is 41.4 Å². The van der Waals surface area contributed by atoms with E-state index in [0.717, 1.165) is 28.0 Å². The first kappa shape index (κ1) is 15.2. The largest absolute Gasteiger partial charge is 0.488 e. The summed E-state index contributed by atoms with van der Waals surface area (Å²) in [5.41, 5.74) is 9.94. The molecule has 2 nitrogen and oxygen atoms in total. The summed E-state index contributed by atoms with van der Waals surface area (Å²) in [5, 5.41) is 1.09. The van der Waals surface area contributed by atoms with Crippen molar-refractivity contribution in [1.29, 1.82) is 0 Å². The van der Waals surface area contributed by atoms with E-state index >= 15 is 0 Å². The molecule has 0 heterocycles. The second kappa shape index (κ2) is 6.49. The molecule has 0 saturated carbocycles. The zero-order valence-electron chi connectivity index (χ0n) is 11.5. The van der Waals surface area contributed by atoms with Crippen LogP contribution in [0.25, 0.3) is 0 Å². The van der Waals surface area contributed by atoms with E-state index in [0.29, 0.717) is 23.2 Å². The molecule has 0 aliphatic heterocycles. The molecule has 0 fully saturated rings. The smallest absolute Gasteiger partial charge is 0.125 e. The maximum Gasteiger partial charge on any atom is 0.125 e. The highest BCUT2D eigenvalue weighted by atomic mass is 35.5. The Morgan fingerprint density at radius 2 is 1.60 bits per heavy atom. The van der Waals surface area contributed by atoms with Crippen LogP contribution in [0, 0.1) is 13.8 Å². The Morgan fingerprint density at radius 3 is 2.15 bits per heavy atom. The van der Waals surface area contributed by atoms with Crippen molar-refractivity contribution >= 4 is 23.2 Å². The Bertz CT molecular complexity index is 603. The Labute approximate surface area is 129 Å². The third kappa shape index (κ3) is 3.45. The van der Waals surface area contributed by atoms with Gasteiger partial charge in [-0.15, -0.1) is 0 Å². The van der Waals surface area contributed by atoms with Crippen LogP contribution >= 0.6 is 23.2 Å². The average Bonchev–Trinajstić information content (AvgIpc) is 2.41. The standard InChI is InChI=1S/C16H17Cl2NO/c1-10-5-13(8-19)6-11(2)16(10)20-9-12-3-4-14(17)15(18)7-12/h3-7H,8-9,19H2,1-2H3. The minimum absolute atomic E-state index is 0.459. The van der Waals surface area contributed by atoms with E-state index < -0.39 is 0 Å². The third-order valence-corrected chi connectivity index (χ3v) is 3.86. The maximum absolute atomic E-state index is 6.00. The van der Waals surface area contributed by atoms with Gasteiger partial charge in [0.1, 0.15) is 12.4 Å². The number of halogens is 2. The summed E-state index contributed by atoms with van der Waals surface area (Å²) in [6.45, 7) is 5.04. The van der Waals surface area contributed by atoms with Crippen molar-refractivity contribution in [3.05, 3.63) is 62.6 Å². The van der Waals surface area contributed by atoms with Crippen LogP contribution in [-0.2, 0) is 13.2 Å². The van der Waals surface area contributed by atoms with Crippen LogP contribution in [-0.4, -0.2) is 0 Å². The number of rotatable bonds is 4. The third-order valence-electron chi connectivity index (χ3n) is 3.12. The van der Waals surface area contributed by atoms with Crippen molar-refractivity contribution in [3.63, 3.8) is 0 Å². The zero-order valence-corrected chi connectivity index (χ0v) is 13.1. The van der Waals surface area contributed by atoms with Crippen LogP contribution in [0.4, 0.5) is 0 Å². The minimum atomic E-state index is 0.459. The van der Waals surface area contributed by atoms with Crippen LogP contribution in [0.5, 0.6) is 5.75 Å². The second-order valence-electron chi connectivity index (χ2n) is 4.80. The molecule has 0 aromatic heterocycles. The highest BCUT2D eigenvalue weighted by Crippen LogP contribution is 2.27. The molecule has 0 atom stereocenters. The molecule has 0 unspecified atom stereocenters. The van der Waals surface area contributed by atoms with E-state index in [1.165, 1.54) is 0 Å². The molecule has 4 heteroatoms. The Kier molecular flexibility index (Phi) is 4.92. The molecule has 106 valence electrons. The quantitative estimate of drug-likeness (QED) is 0.892. The van der Waals surface area contributed by atoms with Gasteiger partial charge in [-0.2, -0.15) is 0 Å². The van der Waals surface area contributed by atoms with Crippen LogP contribution in [0.2, 0.25) is 10.0 Å². The summed E-state index contributed by atoms with van der Waals surface area (Å²) in [6.07, 6.45) is 0. The highest BCUT2D eigenvalue weighted by Gasteiger charge is 2.07. The molecule has 2 aromatic rings. The summed E-state index contributed by atoms with van der Waals surface area (Å²) in [7, 11) is 0. The molecule has 20 heavy (non-hydrogen) atoms. The highest BCUT2D eigenvalue weighted by molar-refractivity contribution is 6.42. The van der Waals surface area contributed by atoms with Gasteiger partial charge in [0.15, 0.2) is 0 Å². The number of hydrogen-bond acceptors (Lipinski definition) is 2. The minimum Gasteiger partial charge on any atom is -0.488 e. The molecule has 2 rings (SSSR count). The van der Waals surface area contributed by atoms with E-state index in [2.05, 4.69) is 12.1 Å². The zero-order chi connectivity index (χ0) is 14.7. The van der Waals surface area contributed by atoms with E-state index in [1.807, 2.05) is 26.0 Å². The van der Waals surface area contributed by atoms with Crippen molar-refractivity contribution in [3.8, 4) is 5.75 Å². The molecule has 0 aliphatic carbocycles. The van der Waals surface area contributed by atoms with Crippen LogP contribution in [0.15, 0.2) is 30.3 Å². The fraction of sp³-hybridized carbons (Fsp3) is 0.250. The van der Waals surface area contributed by atoms with Gasteiger partial charge in [0.25, 0.3) is 0 Å². The molecule has 0 saturated heterocycles.